The minimum absolute atomic E-state index is 0.176. The molecule has 2 amide bonds. The number of nitrogens with one attached hydrogen (secondary N) is 1. The lowest BCUT2D eigenvalue weighted by atomic mass is 9.94. The Hall–Kier alpha value is -2.24. The molecule has 136 valence electrons. The van der Waals surface area contributed by atoms with Gasteiger partial charge < -0.3 is 11.1 Å². The van der Waals surface area contributed by atoms with Gasteiger partial charge in [0.25, 0.3) is 11.8 Å². The fraction of sp³-hybridized carbons (Fsp3) is 0.429. The van der Waals surface area contributed by atoms with Crippen molar-refractivity contribution in [3.63, 3.8) is 0 Å². The van der Waals surface area contributed by atoms with Gasteiger partial charge in [-0.3, -0.25) is 14.5 Å². The van der Waals surface area contributed by atoms with Crippen molar-refractivity contribution < 1.29 is 9.59 Å². The molecule has 26 heavy (non-hydrogen) atoms. The van der Waals surface area contributed by atoms with Gasteiger partial charge in [-0.05, 0) is 49.7 Å². The first-order valence-electron chi connectivity index (χ1n) is 9.54. The Labute approximate surface area is 153 Å². The van der Waals surface area contributed by atoms with Crippen LogP contribution in [0.5, 0.6) is 0 Å². The summed E-state index contributed by atoms with van der Waals surface area (Å²) in [5.41, 5.74) is 7.33. The molecule has 0 aromatic heterocycles. The van der Waals surface area contributed by atoms with Crippen LogP contribution in [0.1, 0.15) is 52.8 Å². The van der Waals surface area contributed by atoms with Crippen LogP contribution in [-0.4, -0.2) is 41.9 Å². The molecule has 2 aromatic carbocycles. The molecule has 0 unspecified atom stereocenters. The van der Waals surface area contributed by atoms with Gasteiger partial charge in [0, 0.05) is 35.1 Å². The molecule has 4 rings (SSSR count). The highest BCUT2D eigenvalue weighted by atomic mass is 16.2. The topological polar surface area (TPSA) is 75.4 Å². The van der Waals surface area contributed by atoms with Crippen molar-refractivity contribution in [3.8, 4) is 0 Å². The van der Waals surface area contributed by atoms with Crippen LogP contribution in [0, 0.1) is 0 Å². The van der Waals surface area contributed by atoms with Gasteiger partial charge in [-0.15, -0.1) is 0 Å². The Morgan fingerprint density at radius 2 is 1.69 bits per heavy atom. The summed E-state index contributed by atoms with van der Waals surface area (Å²) in [4.78, 5) is 27.0. The Morgan fingerprint density at radius 1 is 1.00 bits per heavy atom. The Morgan fingerprint density at radius 3 is 2.31 bits per heavy atom. The lowest BCUT2D eigenvalue weighted by molar-refractivity contribution is 0.0608. The molecule has 1 aliphatic heterocycles. The highest BCUT2D eigenvalue weighted by Crippen LogP contribution is 2.30. The first-order valence-corrected chi connectivity index (χ1v) is 9.54. The molecular weight excluding hydrogens is 326 g/mol. The molecule has 1 fully saturated rings. The van der Waals surface area contributed by atoms with E-state index in [1.807, 2.05) is 36.4 Å². The second-order valence-corrected chi connectivity index (χ2v) is 7.33. The van der Waals surface area contributed by atoms with Gasteiger partial charge >= 0.3 is 0 Å². The number of carbonyl (C=O) groups is 2. The number of hydrogen-bond donors (Lipinski definition) is 2. The predicted octanol–water partition coefficient (Wildman–Crippen LogP) is 2.69. The van der Waals surface area contributed by atoms with E-state index in [1.165, 1.54) is 11.3 Å². The molecule has 3 N–H and O–H groups in total. The molecule has 0 saturated heterocycles. The minimum Gasteiger partial charge on any atom is -0.326 e. The van der Waals surface area contributed by atoms with Crippen molar-refractivity contribution in [2.24, 2.45) is 5.73 Å². The molecule has 0 spiro atoms. The SMILES string of the molecule is N[C@@H]1CCC[C@H]1NCCCCN1C(=O)c2cccc3cccc(c23)C1=O. The van der Waals surface area contributed by atoms with E-state index < -0.39 is 0 Å². The number of nitrogens with two attached hydrogens (primary N) is 1. The van der Waals surface area contributed by atoms with Crippen molar-refractivity contribution in [3.05, 3.63) is 47.5 Å². The normalized spacial score (nSPS) is 22.4. The van der Waals surface area contributed by atoms with Crippen LogP contribution in [0.25, 0.3) is 10.8 Å². The van der Waals surface area contributed by atoms with E-state index in [-0.39, 0.29) is 17.9 Å². The van der Waals surface area contributed by atoms with Crippen LogP contribution in [0.15, 0.2) is 36.4 Å². The first kappa shape index (κ1) is 17.2. The number of imide groups is 1. The van der Waals surface area contributed by atoms with E-state index in [0.29, 0.717) is 23.7 Å². The van der Waals surface area contributed by atoms with Crippen molar-refractivity contribution in [2.45, 2.75) is 44.2 Å². The summed E-state index contributed by atoms with van der Waals surface area (Å²) < 4.78 is 0. The zero-order valence-electron chi connectivity index (χ0n) is 14.9. The average Bonchev–Trinajstić information content (AvgIpc) is 3.06. The van der Waals surface area contributed by atoms with E-state index in [4.69, 9.17) is 5.73 Å². The molecule has 5 heteroatoms. The third kappa shape index (κ3) is 3.02. The Balaban J connectivity index is 1.39. The van der Waals surface area contributed by atoms with Gasteiger partial charge in [-0.2, -0.15) is 0 Å². The van der Waals surface area contributed by atoms with Gasteiger partial charge in [0.1, 0.15) is 0 Å². The number of benzene rings is 2. The van der Waals surface area contributed by atoms with Gasteiger partial charge in [0.05, 0.1) is 0 Å². The number of amides is 2. The van der Waals surface area contributed by atoms with E-state index in [0.717, 1.165) is 43.0 Å². The largest absolute Gasteiger partial charge is 0.326 e. The maximum absolute atomic E-state index is 12.8. The number of unbranched alkanes of at least 4 members (excludes halogenated alkanes) is 1. The molecule has 2 atom stereocenters. The van der Waals surface area contributed by atoms with Crippen LogP contribution in [0.3, 0.4) is 0 Å². The summed E-state index contributed by atoms with van der Waals surface area (Å²) in [5.74, 6) is -0.352. The molecule has 2 aliphatic rings. The van der Waals surface area contributed by atoms with Crippen LogP contribution in [0.4, 0.5) is 0 Å². The molecule has 0 bridgehead atoms. The van der Waals surface area contributed by atoms with Crippen molar-refractivity contribution in [2.75, 3.05) is 13.1 Å². The quantitative estimate of drug-likeness (QED) is 0.620. The molecular formula is C21H25N3O2. The second-order valence-electron chi connectivity index (χ2n) is 7.33. The predicted molar refractivity (Wildman–Crippen MR) is 102 cm³/mol. The van der Waals surface area contributed by atoms with Crippen LogP contribution in [-0.2, 0) is 0 Å². The van der Waals surface area contributed by atoms with Crippen LogP contribution < -0.4 is 11.1 Å². The maximum Gasteiger partial charge on any atom is 0.261 e. The summed E-state index contributed by atoms with van der Waals surface area (Å²) in [6, 6.07) is 11.9. The van der Waals surface area contributed by atoms with Gasteiger partial charge in [0.15, 0.2) is 0 Å². The van der Waals surface area contributed by atoms with Crippen molar-refractivity contribution in [1.82, 2.24) is 10.2 Å². The number of nitrogens with zero attached hydrogens (tertiary/aromatic N) is 1. The first-order chi connectivity index (χ1) is 12.7. The standard InChI is InChI=1S/C21H25N3O2/c22-17-10-5-11-18(17)23-12-1-2-13-24-20(25)15-8-3-6-14-7-4-9-16(19(14)15)21(24)26/h3-4,6-9,17-18,23H,1-2,5,10-13,22H2/t17-,18-/m1/s1. The molecule has 2 aromatic rings. The number of carbonyl (C=O) groups excluding carboxylic acids is 2. The second kappa shape index (κ2) is 7.17. The summed E-state index contributed by atoms with van der Waals surface area (Å²) >= 11 is 0. The minimum atomic E-state index is -0.176. The van der Waals surface area contributed by atoms with Crippen molar-refractivity contribution in [1.29, 1.82) is 0 Å². The number of hydrogen-bond acceptors (Lipinski definition) is 4. The van der Waals surface area contributed by atoms with E-state index in [2.05, 4.69) is 5.32 Å². The highest BCUT2D eigenvalue weighted by Gasteiger charge is 2.32. The zero-order chi connectivity index (χ0) is 18.1. The van der Waals surface area contributed by atoms with Gasteiger partial charge in [-0.1, -0.05) is 30.7 Å². The third-order valence-corrected chi connectivity index (χ3v) is 5.64. The fourth-order valence-corrected chi connectivity index (χ4v) is 4.21. The zero-order valence-corrected chi connectivity index (χ0v) is 14.9. The smallest absolute Gasteiger partial charge is 0.261 e. The third-order valence-electron chi connectivity index (χ3n) is 5.64. The lowest BCUT2D eigenvalue weighted by Crippen LogP contribution is -2.42. The average molecular weight is 351 g/mol. The number of rotatable bonds is 6. The van der Waals surface area contributed by atoms with Crippen LogP contribution in [0.2, 0.25) is 0 Å². The summed E-state index contributed by atoms with van der Waals surface area (Å²) in [7, 11) is 0. The monoisotopic (exact) mass is 351 g/mol. The molecule has 5 nitrogen and oxygen atoms in total. The Bertz CT molecular complexity index is 798. The lowest BCUT2D eigenvalue weighted by Gasteiger charge is -2.27. The van der Waals surface area contributed by atoms with Gasteiger partial charge in [0.2, 0.25) is 0 Å². The fourth-order valence-electron chi connectivity index (χ4n) is 4.21. The highest BCUT2D eigenvalue weighted by molar-refractivity contribution is 6.25. The van der Waals surface area contributed by atoms with Crippen LogP contribution >= 0.6 is 0 Å². The molecule has 0 radical (unpaired) electrons. The molecule has 1 aliphatic carbocycles. The molecule has 1 heterocycles. The summed E-state index contributed by atoms with van der Waals surface area (Å²) in [5, 5.41) is 5.24. The summed E-state index contributed by atoms with van der Waals surface area (Å²) in [6.45, 7) is 1.33. The maximum atomic E-state index is 12.8. The van der Waals surface area contributed by atoms with E-state index >= 15 is 0 Å². The molecule has 1 saturated carbocycles. The summed E-state index contributed by atoms with van der Waals surface area (Å²) in [6.07, 6.45) is 5.15. The Kier molecular flexibility index (Phi) is 4.74. The van der Waals surface area contributed by atoms with Crippen molar-refractivity contribution >= 4 is 22.6 Å². The van der Waals surface area contributed by atoms with Gasteiger partial charge in [-0.25, -0.2) is 0 Å². The van der Waals surface area contributed by atoms with E-state index in [1.54, 1.807) is 0 Å². The van der Waals surface area contributed by atoms with E-state index in [9.17, 15) is 9.59 Å².